The number of aromatic nitrogens is 1. The predicted octanol–water partition coefficient (Wildman–Crippen LogP) is 3.47. The van der Waals surface area contributed by atoms with Crippen LogP contribution in [0.15, 0.2) is 35.7 Å². The first-order valence-electron chi connectivity index (χ1n) is 6.72. The summed E-state index contributed by atoms with van der Waals surface area (Å²) >= 11 is 2.88. The molecule has 0 spiro atoms. The third kappa shape index (κ3) is 3.66. The minimum absolute atomic E-state index is 0.314. The van der Waals surface area contributed by atoms with Crippen LogP contribution in [-0.4, -0.2) is 24.1 Å². The lowest BCUT2D eigenvalue weighted by Gasteiger charge is -2.03. The molecule has 0 aliphatic carbocycles. The summed E-state index contributed by atoms with van der Waals surface area (Å²) in [7, 11) is 1.34. The average Bonchev–Trinajstić information content (AvgIpc) is 3.20. The Labute approximate surface area is 140 Å². The zero-order chi connectivity index (χ0) is 16.2. The first kappa shape index (κ1) is 15.4. The Morgan fingerprint density at radius 1 is 1.30 bits per heavy atom. The van der Waals surface area contributed by atoms with E-state index in [4.69, 9.17) is 4.74 Å². The zero-order valence-electron chi connectivity index (χ0n) is 12.2. The minimum atomic E-state index is -0.400. The number of benzene rings is 1. The van der Waals surface area contributed by atoms with Crippen LogP contribution in [0.1, 0.15) is 15.2 Å². The molecule has 2 amide bonds. The summed E-state index contributed by atoms with van der Waals surface area (Å²) in [5, 5.41) is 7.91. The lowest BCUT2D eigenvalue weighted by atomic mass is 10.2. The number of carbonyl (C=O) groups is 2. The molecule has 8 heteroatoms. The second-order valence-electron chi connectivity index (χ2n) is 4.58. The van der Waals surface area contributed by atoms with Crippen LogP contribution in [0.5, 0.6) is 0 Å². The highest BCUT2D eigenvalue weighted by Gasteiger charge is 2.11. The van der Waals surface area contributed by atoms with Crippen LogP contribution in [0.4, 0.5) is 9.93 Å². The van der Waals surface area contributed by atoms with Gasteiger partial charge in [0.1, 0.15) is 0 Å². The van der Waals surface area contributed by atoms with Crippen molar-refractivity contribution < 1.29 is 14.3 Å². The molecule has 1 aromatic carbocycles. The van der Waals surface area contributed by atoms with E-state index in [0.717, 1.165) is 15.1 Å². The number of rotatable bonds is 4. The summed E-state index contributed by atoms with van der Waals surface area (Å²) in [4.78, 5) is 28.8. The Bertz CT molecular complexity index is 843. The summed E-state index contributed by atoms with van der Waals surface area (Å²) in [5.74, 6) is -0.400. The first-order valence-corrected chi connectivity index (χ1v) is 8.41. The first-order chi connectivity index (χ1) is 11.2. The highest BCUT2D eigenvalue weighted by Crippen LogP contribution is 2.27. The van der Waals surface area contributed by atoms with E-state index in [9.17, 15) is 9.59 Å². The molecule has 0 radical (unpaired) electrons. The summed E-state index contributed by atoms with van der Waals surface area (Å²) in [6, 6.07) is 8.66. The molecule has 2 heterocycles. The molecular weight excluding hydrogens is 334 g/mol. The van der Waals surface area contributed by atoms with Crippen molar-refractivity contribution in [2.75, 3.05) is 12.4 Å². The summed E-state index contributed by atoms with van der Waals surface area (Å²) in [6.45, 7) is 0.473. The van der Waals surface area contributed by atoms with Crippen LogP contribution in [0.2, 0.25) is 0 Å². The monoisotopic (exact) mass is 347 g/mol. The van der Waals surface area contributed by atoms with E-state index in [1.807, 2.05) is 17.5 Å². The van der Waals surface area contributed by atoms with Gasteiger partial charge in [0.05, 0.1) is 29.4 Å². The Balaban J connectivity index is 1.68. The molecule has 0 aliphatic rings. The standard InChI is InChI=1S/C15H13N3O3S2/c1-21-13(19)9-4-5-11-12(7-9)23-15(17-11)18-14(20)16-8-10-3-2-6-22-10/h2-7H,8H2,1H3,(H2,16,17,18,20). The van der Waals surface area contributed by atoms with E-state index >= 15 is 0 Å². The zero-order valence-corrected chi connectivity index (χ0v) is 13.8. The second-order valence-corrected chi connectivity index (χ2v) is 6.64. The van der Waals surface area contributed by atoms with E-state index in [0.29, 0.717) is 17.2 Å². The fourth-order valence-corrected chi connectivity index (χ4v) is 3.49. The number of urea groups is 1. The maximum atomic E-state index is 11.9. The molecule has 0 unspecified atom stereocenters. The molecule has 6 nitrogen and oxygen atoms in total. The van der Waals surface area contributed by atoms with E-state index in [-0.39, 0.29) is 6.03 Å². The Morgan fingerprint density at radius 2 is 2.17 bits per heavy atom. The molecule has 23 heavy (non-hydrogen) atoms. The fourth-order valence-electron chi connectivity index (χ4n) is 1.94. The number of ether oxygens (including phenoxy) is 1. The fraction of sp³-hybridized carbons (Fsp3) is 0.133. The van der Waals surface area contributed by atoms with Gasteiger partial charge in [-0.2, -0.15) is 0 Å². The van der Waals surface area contributed by atoms with Crippen molar-refractivity contribution in [1.82, 2.24) is 10.3 Å². The number of carbonyl (C=O) groups excluding carboxylic acids is 2. The van der Waals surface area contributed by atoms with Crippen molar-refractivity contribution in [3.63, 3.8) is 0 Å². The molecule has 0 bridgehead atoms. The van der Waals surface area contributed by atoms with Crippen molar-refractivity contribution >= 4 is 50.0 Å². The van der Waals surface area contributed by atoms with E-state index in [1.54, 1.807) is 29.5 Å². The van der Waals surface area contributed by atoms with Gasteiger partial charge in [0.2, 0.25) is 0 Å². The van der Waals surface area contributed by atoms with E-state index in [2.05, 4.69) is 15.6 Å². The van der Waals surface area contributed by atoms with Crippen molar-refractivity contribution in [3.8, 4) is 0 Å². The number of nitrogens with one attached hydrogen (secondary N) is 2. The predicted molar refractivity (Wildman–Crippen MR) is 91.1 cm³/mol. The van der Waals surface area contributed by atoms with Crippen molar-refractivity contribution in [2.45, 2.75) is 6.54 Å². The maximum Gasteiger partial charge on any atom is 0.337 e. The Morgan fingerprint density at radius 3 is 2.91 bits per heavy atom. The van der Waals surface area contributed by atoms with Crippen molar-refractivity contribution in [2.24, 2.45) is 0 Å². The molecule has 3 rings (SSSR count). The van der Waals surface area contributed by atoms with Gasteiger partial charge in [-0.3, -0.25) is 5.32 Å². The molecule has 0 saturated carbocycles. The number of hydrogen-bond donors (Lipinski definition) is 2. The molecule has 0 fully saturated rings. The second kappa shape index (κ2) is 6.76. The summed E-state index contributed by atoms with van der Waals surface area (Å²) < 4.78 is 5.50. The molecule has 118 valence electrons. The van der Waals surface area contributed by atoms with Crippen LogP contribution in [0.25, 0.3) is 10.2 Å². The quantitative estimate of drug-likeness (QED) is 0.708. The Kier molecular flexibility index (Phi) is 4.54. The molecule has 2 N–H and O–H groups in total. The van der Waals surface area contributed by atoms with Gasteiger partial charge in [-0.15, -0.1) is 11.3 Å². The van der Waals surface area contributed by atoms with Crippen molar-refractivity contribution in [1.29, 1.82) is 0 Å². The number of methoxy groups -OCH3 is 1. The summed E-state index contributed by atoms with van der Waals surface area (Å²) in [6.07, 6.45) is 0. The van der Waals surface area contributed by atoms with Crippen LogP contribution < -0.4 is 10.6 Å². The number of thiazole rings is 1. The van der Waals surface area contributed by atoms with Crippen LogP contribution in [0, 0.1) is 0 Å². The molecule has 0 saturated heterocycles. The van der Waals surface area contributed by atoms with Crippen LogP contribution >= 0.6 is 22.7 Å². The number of fused-ring (bicyclic) bond motifs is 1. The van der Waals surface area contributed by atoms with Gasteiger partial charge in [-0.1, -0.05) is 17.4 Å². The smallest absolute Gasteiger partial charge is 0.337 e. The normalized spacial score (nSPS) is 10.5. The van der Waals surface area contributed by atoms with Gasteiger partial charge in [0, 0.05) is 4.88 Å². The number of thiophene rings is 1. The SMILES string of the molecule is COC(=O)c1ccc2nc(NC(=O)NCc3cccs3)sc2c1. The molecular formula is C15H13N3O3S2. The number of esters is 1. The lowest BCUT2D eigenvalue weighted by Crippen LogP contribution is -2.27. The highest BCUT2D eigenvalue weighted by molar-refractivity contribution is 7.22. The third-order valence-corrected chi connectivity index (χ3v) is 4.84. The van der Waals surface area contributed by atoms with Crippen LogP contribution in [0.3, 0.4) is 0 Å². The van der Waals surface area contributed by atoms with E-state index < -0.39 is 5.97 Å². The maximum absolute atomic E-state index is 11.9. The van der Waals surface area contributed by atoms with Gasteiger partial charge < -0.3 is 10.1 Å². The number of amides is 2. The largest absolute Gasteiger partial charge is 0.465 e. The molecule has 2 aromatic heterocycles. The summed E-state index contributed by atoms with van der Waals surface area (Å²) in [5.41, 5.74) is 1.17. The lowest BCUT2D eigenvalue weighted by molar-refractivity contribution is 0.0601. The Hall–Kier alpha value is -2.45. The molecule has 0 aliphatic heterocycles. The van der Waals surface area contributed by atoms with Crippen molar-refractivity contribution in [3.05, 3.63) is 46.2 Å². The van der Waals surface area contributed by atoms with Gasteiger partial charge in [-0.25, -0.2) is 14.6 Å². The van der Waals surface area contributed by atoms with Gasteiger partial charge in [0.25, 0.3) is 0 Å². The average molecular weight is 347 g/mol. The van der Waals surface area contributed by atoms with Crippen LogP contribution in [-0.2, 0) is 11.3 Å². The molecule has 3 aromatic rings. The minimum Gasteiger partial charge on any atom is -0.465 e. The number of nitrogens with zero attached hydrogens (tertiary/aromatic N) is 1. The van der Waals surface area contributed by atoms with E-state index in [1.165, 1.54) is 18.4 Å². The highest BCUT2D eigenvalue weighted by atomic mass is 32.1. The topological polar surface area (TPSA) is 80.3 Å². The van der Waals surface area contributed by atoms with Gasteiger partial charge in [-0.05, 0) is 29.6 Å². The number of anilines is 1. The molecule has 0 atom stereocenters. The van der Waals surface area contributed by atoms with Gasteiger partial charge in [0.15, 0.2) is 5.13 Å². The number of hydrogen-bond acceptors (Lipinski definition) is 6. The van der Waals surface area contributed by atoms with Gasteiger partial charge >= 0.3 is 12.0 Å². The third-order valence-electron chi connectivity index (χ3n) is 3.03.